The van der Waals surface area contributed by atoms with Crippen molar-refractivity contribution >= 4 is 29.9 Å². The third kappa shape index (κ3) is 6.23. The Bertz CT molecular complexity index is 520. The topological polar surface area (TPSA) is 52.1 Å². The number of aliphatic imine (C=N–C) groups is 1. The molecule has 0 aromatic rings. The van der Waals surface area contributed by atoms with Gasteiger partial charge in [-0.2, -0.15) is 0 Å². The smallest absolute Gasteiger partial charge is 0.191 e. The summed E-state index contributed by atoms with van der Waals surface area (Å²) in [6.45, 7) is 7.74. The third-order valence-corrected chi connectivity index (χ3v) is 7.97. The summed E-state index contributed by atoms with van der Waals surface area (Å²) in [5.41, 5.74) is 0.247. The Kier molecular flexibility index (Phi) is 9.98. The van der Waals surface area contributed by atoms with Crippen LogP contribution in [-0.2, 0) is 4.74 Å². The summed E-state index contributed by atoms with van der Waals surface area (Å²) in [6, 6.07) is 1.41. The number of guanidine groups is 1. The molecule has 30 heavy (non-hydrogen) atoms. The molecule has 3 aliphatic heterocycles. The van der Waals surface area contributed by atoms with E-state index >= 15 is 0 Å². The van der Waals surface area contributed by atoms with Crippen LogP contribution in [0.15, 0.2) is 4.99 Å². The van der Waals surface area contributed by atoms with Crippen LogP contribution in [-0.4, -0.2) is 86.4 Å². The zero-order valence-electron chi connectivity index (χ0n) is 19.0. The Morgan fingerprint density at radius 2 is 1.60 bits per heavy atom. The van der Waals surface area contributed by atoms with Gasteiger partial charge in [0.15, 0.2) is 5.96 Å². The molecule has 0 aromatic carbocycles. The molecule has 3 saturated heterocycles. The standard InChI is InChI=1S/C23H43N5O.HI/c1-24-22(25-19-23(11-17-29-18-12-23)28-13-5-6-14-28)26-20-9-15-27(16-10-20)21-7-3-2-4-8-21;/h20-21H,2-19H2,1H3,(H2,24,25,26);1H. The second-order valence-electron chi connectivity index (χ2n) is 9.70. The minimum Gasteiger partial charge on any atom is -0.381 e. The fourth-order valence-corrected chi connectivity index (χ4v) is 6.04. The maximum absolute atomic E-state index is 5.69. The van der Waals surface area contributed by atoms with Crippen molar-refractivity contribution in [2.24, 2.45) is 4.99 Å². The Morgan fingerprint density at radius 1 is 0.933 bits per heavy atom. The Morgan fingerprint density at radius 3 is 2.23 bits per heavy atom. The van der Waals surface area contributed by atoms with Crippen molar-refractivity contribution < 1.29 is 4.74 Å². The number of ether oxygens (including phenoxy) is 1. The SMILES string of the molecule is CN=C(NCC1(N2CCCC2)CCOCC1)NC1CCN(C2CCCCC2)CC1.I. The predicted octanol–water partition coefficient (Wildman–Crippen LogP) is 3.21. The first-order chi connectivity index (χ1) is 14.3. The summed E-state index contributed by atoms with van der Waals surface area (Å²) in [4.78, 5) is 10.0. The van der Waals surface area contributed by atoms with Crippen molar-refractivity contribution in [2.45, 2.75) is 88.3 Å². The van der Waals surface area contributed by atoms with Gasteiger partial charge < -0.3 is 20.3 Å². The fourth-order valence-electron chi connectivity index (χ4n) is 6.04. The molecule has 4 fully saturated rings. The highest BCUT2D eigenvalue weighted by molar-refractivity contribution is 14.0. The molecular formula is C23H44IN5O. The Balaban J connectivity index is 0.00000256. The van der Waals surface area contributed by atoms with Crippen LogP contribution < -0.4 is 10.6 Å². The molecule has 0 spiro atoms. The van der Waals surface area contributed by atoms with Gasteiger partial charge in [0, 0.05) is 57.5 Å². The lowest BCUT2D eigenvalue weighted by Crippen LogP contribution is -2.59. The normalized spacial score (nSPS) is 27.6. The summed E-state index contributed by atoms with van der Waals surface area (Å²) in [6.07, 6.45) is 14.6. The van der Waals surface area contributed by atoms with Crippen molar-refractivity contribution in [3.8, 4) is 0 Å². The van der Waals surface area contributed by atoms with Crippen molar-refractivity contribution in [3.05, 3.63) is 0 Å². The lowest BCUT2D eigenvalue weighted by molar-refractivity contribution is -0.0164. The highest BCUT2D eigenvalue weighted by Crippen LogP contribution is 2.31. The number of hydrogen-bond donors (Lipinski definition) is 2. The Hall–Kier alpha value is -0.120. The van der Waals surface area contributed by atoms with Crippen molar-refractivity contribution in [2.75, 3.05) is 53.0 Å². The van der Waals surface area contributed by atoms with Crippen molar-refractivity contribution in [1.29, 1.82) is 0 Å². The molecule has 1 aliphatic carbocycles. The van der Waals surface area contributed by atoms with E-state index in [1.165, 1.54) is 84.0 Å². The minimum absolute atomic E-state index is 0. The van der Waals surface area contributed by atoms with E-state index in [4.69, 9.17) is 4.74 Å². The first kappa shape index (κ1) is 24.5. The quantitative estimate of drug-likeness (QED) is 0.323. The van der Waals surface area contributed by atoms with Gasteiger partial charge in [-0.3, -0.25) is 9.89 Å². The molecular weight excluding hydrogens is 489 g/mol. The molecule has 4 aliphatic rings. The van der Waals surface area contributed by atoms with Gasteiger partial charge in [0.25, 0.3) is 0 Å². The highest BCUT2D eigenvalue weighted by atomic mass is 127. The monoisotopic (exact) mass is 533 g/mol. The van der Waals surface area contributed by atoms with Gasteiger partial charge >= 0.3 is 0 Å². The maximum atomic E-state index is 5.69. The number of likely N-dealkylation sites (tertiary alicyclic amines) is 2. The second-order valence-corrected chi connectivity index (χ2v) is 9.70. The summed E-state index contributed by atoms with van der Waals surface area (Å²) < 4.78 is 5.69. The number of hydrogen-bond acceptors (Lipinski definition) is 4. The molecule has 0 radical (unpaired) electrons. The van der Waals surface area contributed by atoms with Crippen molar-refractivity contribution in [1.82, 2.24) is 20.4 Å². The molecule has 0 bridgehead atoms. The van der Waals surface area contributed by atoms with E-state index in [0.29, 0.717) is 6.04 Å². The molecule has 174 valence electrons. The van der Waals surface area contributed by atoms with E-state index in [2.05, 4.69) is 25.4 Å². The number of piperidine rings is 1. The number of halogens is 1. The van der Waals surface area contributed by atoms with Crippen LogP contribution in [0.1, 0.15) is 70.6 Å². The van der Waals surface area contributed by atoms with E-state index in [1.54, 1.807) is 0 Å². The van der Waals surface area contributed by atoms with Crippen LogP contribution in [0.2, 0.25) is 0 Å². The molecule has 0 atom stereocenters. The van der Waals surface area contributed by atoms with Crippen LogP contribution in [0.4, 0.5) is 0 Å². The van der Waals surface area contributed by atoms with Crippen LogP contribution in [0.3, 0.4) is 0 Å². The number of nitrogens with one attached hydrogen (secondary N) is 2. The summed E-state index contributed by atoms with van der Waals surface area (Å²) in [7, 11) is 1.92. The van der Waals surface area contributed by atoms with Crippen LogP contribution >= 0.6 is 24.0 Å². The number of rotatable bonds is 5. The lowest BCUT2D eigenvalue weighted by atomic mass is 9.88. The van der Waals surface area contributed by atoms with E-state index in [1.807, 2.05) is 7.05 Å². The van der Waals surface area contributed by atoms with Gasteiger partial charge in [-0.15, -0.1) is 24.0 Å². The fraction of sp³-hybridized carbons (Fsp3) is 0.957. The Labute approximate surface area is 201 Å². The van der Waals surface area contributed by atoms with Gasteiger partial charge in [0.05, 0.1) is 0 Å². The highest BCUT2D eigenvalue weighted by Gasteiger charge is 2.39. The second kappa shape index (κ2) is 12.2. The minimum atomic E-state index is 0. The maximum Gasteiger partial charge on any atom is 0.191 e. The van der Waals surface area contributed by atoms with Gasteiger partial charge in [0.1, 0.15) is 0 Å². The molecule has 0 amide bonds. The van der Waals surface area contributed by atoms with Crippen molar-refractivity contribution in [3.63, 3.8) is 0 Å². The van der Waals surface area contributed by atoms with E-state index < -0.39 is 0 Å². The molecule has 0 unspecified atom stereocenters. The molecule has 0 aromatic heterocycles. The largest absolute Gasteiger partial charge is 0.381 e. The van der Waals surface area contributed by atoms with Crippen LogP contribution in [0.25, 0.3) is 0 Å². The van der Waals surface area contributed by atoms with Gasteiger partial charge in [0.2, 0.25) is 0 Å². The van der Waals surface area contributed by atoms with Gasteiger partial charge in [-0.05, 0) is 64.5 Å². The molecule has 7 heteroatoms. The zero-order chi connectivity index (χ0) is 19.9. The number of nitrogens with zero attached hydrogens (tertiary/aromatic N) is 3. The molecule has 3 heterocycles. The summed E-state index contributed by atoms with van der Waals surface area (Å²) >= 11 is 0. The first-order valence-corrected chi connectivity index (χ1v) is 12.3. The molecule has 1 saturated carbocycles. The average molecular weight is 534 g/mol. The summed E-state index contributed by atoms with van der Waals surface area (Å²) in [5, 5.41) is 7.45. The predicted molar refractivity (Wildman–Crippen MR) is 135 cm³/mol. The van der Waals surface area contributed by atoms with Crippen LogP contribution in [0.5, 0.6) is 0 Å². The first-order valence-electron chi connectivity index (χ1n) is 12.3. The summed E-state index contributed by atoms with van der Waals surface area (Å²) in [5.74, 6) is 0.992. The van der Waals surface area contributed by atoms with E-state index in [0.717, 1.165) is 44.6 Å². The molecule has 4 rings (SSSR count). The van der Waals surface area contributed by atoms with E-state index in [9.17, 15) is 0 Å². The lowest BCUT2D eigenvalue weighted by Gasteiger charge is -2.45. The van der Waals surface area contributed by atoms with Gasteiger partial charge in [-0.25, -0.2) is 0 Å². The zero-order valence-corrected chi connectivity index (χ0v) is 21.4. The van der Waals surface area contributed by atoms with E-state index in [-0.39, 0.29) is 29.5 Å². The molecule has 2 N–H and O–H groups in total. The van der Waals surface area contributed by atoms with Crippen LogP contribution in [0, 0.1) is 0 Å². The average Bonchev–Trinajstić information content (AvgIpc) is 3.34. The third-order valence-electron chi connectivity index (χ3n) is 7.97. The molecule has 6 nitrogen and oxygen atoms in total. The van der Waals surface area contributed by atoms with Gasteiger partial charge in [-0.1, -0.05) is 19.3 Å².